The van der Waals surface area contributed by atoms with Gasteiger partial charge in [0.1, 0.15) is 0 Å². The molecule has 0 aliphatic heterocycles. The Balaban J connectivity index is 2.69. The minimum Gasteiger partial charge on any atom is -0.254 e. The van der Waals surface area contributed by atoms with E-state index in [0.717, 1.165) is 11.8 Å². The van der Waals surface area contributed by atoms with Gasteiger partial charge in [0.25, 0.3) is 0 Å². The molecule has 0 saturated carbocycles. The lowest BCUT2D eigenvalue weighted by molar-refractivity contribution is -0.144. The van der Waals surface area contributed by atoms with Crippen LogP contribution < -0.4 is 0 Å². The number of hydrogen-bond donors (Lipinski definition) is 1. The van der Waals surface area contributed by atoms with E-state index >= 15 is 0 Å². The first kappa shape index (κ1) is 10.1. The van der Waals surface area contributed by atoms with Crippen molar-refractivity contribution in [1.82, 2.24) is 15.2 Å². The van der Waals surface area contributed by atoms with Gasteiger partial charge in [-0.1, -0.05) is 17.8 Å². The maximum atomic E-state index is 12.0. The van der Waals surface area contributed by atoms with Crippen molar-refractivity contribution in [1.29, 1.82) is 0 Å². The quantitative estimate of drug-likeness (QED) is 0.612. The Morgan fingerprint density at radius 3 is 2.69 bits per heavy atom. The number of nitrogens with one attached hydrogen (secondary N) is 1. The molecule has 1 aromatic rings. The third kappa shape index (κ3) is 2.76. The maximum absolute atomic E-state index is 12.0. The molecule has 0 amide bonds. The van der Waals surface area contributed by atoms with E-state index in [1.165, 1.54) is 0 Å². The molecule has 0 fully saturated rings. The van der Waals surface area contributed by atoms with E-state index in [-0.39, 0.29) is 5.16 Å². The van der Waals surface area contributed by atoms with Crippen LogP contribution in [0.25, 0.3) is 0 Å². The minimum atomic E-state index is -4.46. The number of thioether (sulfide) groups is 1. The Morgan fingerprint density at radius 2 is 2.23 bits per heavy atom. The highest BCUT2D eigenvalue weighted by molar-refractivity contribution is 7.99. The van der Waals surface area contributed by atoms with Gasteiger partial charge < -0.3 is 0 Å². The summed E-state index contributed by atoms with van der Waals surface area (Å²) < 4.78 is 35.9. The third-order valence-corrected chi connectivity index (χ3v) is 1.91. The number of alkyl halides is 3. The molecule has 0 unspecified atom stereocenters. The average molecular weight is 209 g/mol. The van der Waals surface area contributed by atoms with Crippen molar-refractivity contribution in [2.24, 2.45) is 0 Å². The fourth-order valence-electron chi connectivity index (χ4n) is 0.571. The monoisotopic (exact) mass is 209 g/mol. The van der Waals surface area contributed by atoms with E-state index in [1.807, 2.05) is 5.10 Å². The van der Waals surface area contributed by atoms with Crippen LogP contribution in [-0.4, -0.2) is 20.9 Å². The predicted molar refractivity (Wildman–Crippen MR) is 42.3 cm³/mol. The highest BCUT2D eigenvalue weighted by Gasteiger charge is 2.35. The number of aromatic amines is 1. The highest BCUT2D eigenvalue weighted by Crippen LogP contribution is 2.27. The number of halogens is 3. The molecule has 1 aromatic heterocycles. The highest BCUT2D eigenvalue weighted by atomic mass is 32.2. The minimum absolute atomic E-state index is 0.0761. The molecule has 72 valence electrons. The van der Waals surface area contributed by atoms with E-state index in [1.54, 1.807) is 6.08 Å². The molecule has 0 aromatic carbocycles. The summed E-state index contributed by atoms with van der Waals surface area (Å²) in [7, 11) is 0. The van der Waals surface area contributed by atoms with Crippen LogP contribution in [0.15, 0.2) is 17.8 Å². The Labute approximate surface area is 76.4 Å². The van der Waals surface area contributed by atoms with Crippen LogP contribution in [0, 0.1) is 0 Å². The van der Waals surface area contributed by atoms with Gasteiger partial charge in [0, 0.05) is 5.75 Å². The molecule has 1 rings (SSSR count). The van der Waals surface area contributed by atoms with Crippen molar-refractivity contribution in [3.05, 3.63) is 18.5 Å². The van der Waals surface area contributed by atoms with Crippen LogP contribution >= 0.6 is 11.8 Å². The molecule has 0 bridgehead atoms. The maximum Gasteiger partial charge on any atom is 0.451 e. The SMILES string of the molecule is C=CCSc1n[nH]c(C(F)(F)F)n1. The van der Waals surface area contributed by atoms with Crippen molar-refractivity contribution in [2.75, 3.05) is 5.75 Å². The normalized spacial score (nSPS) is 11.6. The Hall–Kier alpha value is -0.980. The van der Waals surface area contributed by atoms with Gasteiger partial charge >= 0.3 is 6.18 Å². The zero-order chi connectivity index (χ0) is 9.90. The molecule has 0 spiro atoms. The lowest BCUT2D eigenvalue weighted by Crippen LogP contribution is -2.07. The van der Waals surface area contributed by atoms with Crippen molar-refractivity contribution in [3.63, 3.8) is 0 Å². The van der Waals surface area contributed by atoms with Crippen LogP contribution in [0.4, 0.5) is 13.2 Å². The molecule has 0 atom stereocenters. The van der Waals surface area contributed by atoms with E-state index in [4.69, 9.17) is 0 Å². The largest absolute Gasteiger partial charge is 0.451 e. The topological polar surface area (TPSA) is 41.6 Å². The van der Waals surface area contributed by atoms with Crippen LogP contribution in [0.2, 0.25) is 0 Å². The van der Waals surface area contributed by atoms with Crippen LogP contribution in [-0.2, 0) is 6.18 Å². The molecule has 1 N–H and O–H groups in total. The van der Waals surface area contributed by atoms with E-state index in [9.17, 15) is 13.2 Å². The zero-order valence-corrected chi connectivity index (χ0v) is 7.24. The average Bonchev–Trinajstić information content (AvgIpc) is 2.47. The first-order valence-corrected chi connectivity index (χ1v) is 4.26. The standard InChI is InChI=1S/C6H6F3N3S/c1-2-3-13-5-10-4(11-12-5)6(7,8)9/h2H,1,3H2,(H,10,11,12). The molecular formula is C6H6F3N3S. The summed E-state index contributed by atoms with van der Waals surface area (Å²) in [5.41, 5.74) is 0. The van der Waals surface area contributed by atoms with Gasteiger partial charge in [-0.3, -0.25) is 5.10 Å². The van der Waals surface area contributed by atoms with E-state index < -0.39 is 12.0 Å². The summed E-state index contributed by atoms with van der Waals surface area (Å²) in [6.45, 7) is 3.42. The summed E-state index contributed by atoms with van der Waals surface area (Å²) in [5.74, 6) is -0.589. The number of rotatable bonds is 3. The molecular weight excluding hydrogens is 203 g/mol. The first-order chi connectivity index (χ1) is 6.04. The van der Waals surface area contributed by atoms with Crippen LogP contribution in [0.1, 0.15) is 5.82 Å². The summed E-state index contributed by atoms with van der Waals surface area (Å²) in [6.07, 6.45) is -2.89. The fourth-order valence-corrected chi connectivity index (χ4v) is 1.10. The Kier molecular flexibility index (Phi) is 2.97. The zero-order valence-electron chi connectivity index (χ0n) is 6.43. The Bertz CT molecular complexity index is 294. The summed E-state index contributed by atoms with van der Waals surface area (Å²) >= 11 is 1.09. The van der Waals surface area contributed by atoms with Gasteiger partial charge in [0.05, 0.1) is 0 Å². The molecule has 0 aliphatic rings. The van der Waals surface area contributed by atoms with Gasteiger partial charge in [0.2, 0.25) is 11.0 Å². The van der Waals surface area contributed by atoms with E-state index in [0.29, 0.717) is 5.75 Å². The van der Waals surface area contributed by atoms with Gasteiger partial charge in [-0.15, -0.1) is 11.7 Å². The molecule has 3 nitrogen and oxygen atoms in total. The van der Waals surface area contributed by atoms with Crippen LogP contribution in [0.5, 0.6) is 0 Å². The second kappa shape index (κ2) is 3.82. The predicted octanol–water partition coefficient (Wildman–Crippen LogP) is 2.10. The van der Waals surface area contributed by atoms with Crippen molar-refractivity contribution in [2.45, 2.75) is 11.3 Å². The van der Waals surface area contributed by atoms with Gasteiger partial charge in [-0.05, 0) is 0 Å². The number of aromatic nitrogens is 3. The summed E-state index contributed by atoms with van der Waals surface area (Å²) in [5, 5.41) is 5.27. The lowest BCUT2D eigenvalue weighted by atomic mass is 10.6. The summed E-state index contributed by atoms with van der Waals surface area (Å²) in [6, 6.07) is 0. The molecule has 0 aliphatic carbocycles. The second-order valence-electron chi connectivity index (χ2n) is 2.06. The van der Waals surface area contributed by atoms with Crippen LogP contribution in [0.3, 0.4) is 0 Å². The summed E-state index contributed by atoms with van der Waals surface area (Å²) in [4.78, 5) is 3.24. The fraction of sp³-hybridized carbons (Fsp3) is 0.333. The first-order valence-electron chi connectivity index (χ1n) is 3.27. The van der Waals surface area contributed by atoms with Crippen molar-refractivity contribution in [3.8, 4) is 0 Å². The second-order valence-corrected chi connectivity index (χ2v) is 3.05. The molecule has 0 saturated heterocycles. The molecule has 13 heavy (non-hydrogen) atoms. The molecule has 1 heterocycles. The molecule has 0 radical (unpaired) electrons. The lowest BCUT2D eigenvalue weighted by Gasteiger charge is -1.98. The van der Waals surface area contributed by atoms with Crippen molar-refractivity contribution < 1.29 is 13.2 Å². The van der Waals surface area contributed by atoms with Gasteiger partial charge in [-0.2, -0.15) is 18.2 Å². The molecule has 7 heteroatoms. The van der Waals surface area contributed by atoms with Gasteiger partial charge in [-0.25, -0.2) is 0 Å². The number of H-pyrrole nitrogens is 1. The van der Waals surface area contributed by atoms with E-state index in [2.05, 4.69) is 16.7 Å². The Morgan fingerprint density at radius 1 is 1.54 bits per heavy atom. The smallest absolute Gasteiger partial charge is 0.254 e. The number of hydrogen-bond acceptors (Lipinski definition) is 3. The van der Waals surface area contributed by atoms with Crippen molar-refractivity contribution >= 4 is 11.8 Å². The third-order valence-electron chi connectivity index (χ3n) is 1.06. The number of nitrogens with zero attached hydrogens (tertiary/aromatic N) is 2. The van der Waals surface area contributed by atoms with Gasteiger partial charge in [0.15, 0.2) is 0 Å².